The molecule has 0 fully saturated rings. The maximum Gasteiger partial charge on any atom is 0.271 e. The maximum absolute atomic E-state index is 13.0. The molecular formula is C11H9F2NO2S2. The first-order valence-electron chi connectivity index (χ1n) is 4.93. The Balaban J connectivity index is 2.30. The van der Waals surface area contributed by atoms with Crippen LogP contribution in [0, 0.1) is 18.6 Å². The van der Waals surface area contributed by atoms with Crippen molar-refractivity contribution in [2.75, 3.05) is 4.72 Å². The monoisotopic (exact) mass is 289 g/mol. The predicted molar refractivity (Wildman–Crippen MR) is 66.2 cm³/mol. The lowest BCUT2D eigenvalue weighted by molar-refractivity contribution is 0.509. The van der Waals surface area contributed by atoms with Gasteiger partial charge in [-0.1, -0.05) is 0 Å². The third-order valence-electron chi connectivity index (χ3n) is 2.15. The molecule has 96 valence electrons. The fourth-order valence-electron chi connectivity index (χ4n) is 1.32. The van der Waals surface area contributed by atoms with Crippen molar-refractivity contribution >= 4 is 27.0 Å². The number of hydrogen-bond donors (Lipinski definition) is 1. The molecule has 0 saturated heterocycles. The summed E-state index contributed by atoms with van der Waals surface area (Å²) in [6, 6.07) is 5.96. The molecule has 1 aromatic carbocycles. The number of aryl methyl sites for hydroxylation is 1. The molecule has 3 nitrogen and oxygen atoms in total. The van der Waals surface area contributed by atoms with E-state index >= 15 is 0 Å². The van der Waals surface area contributed by atoms with Crippen LogP contribution in [0.5, 0.6) is 0 Å². The summed E-state index contributed by atoms with van der Waals surface area (Å²) in [7, 11) is -3.74. The van der Waals surface area contributed by atoms with Gasteiger partial charge in [0.05, 0.1) is 5.69 Å². The molecule has 7 heteroatoms. The van der Waals surface area contributed by atoms with Gasteiger partial charge in [0.1, 0.15) is 4.21 Å². The summed E-state index contributed by atoms with van der Waals surface area (Å²) < 4.78 is 51.8. The van der Waals surface area contributed by atoms with Crippen LogP contribution in [0.4, 0.5) is 14.5 Å². The second-order valence-corrected chi connectivity index (χ2v) is 6.80. The van der Waals surface area contributed by atoms with Crippen molar-refractivity contribution in [3.8, 4) is 0 Å². The molecule has 0 unspecified atom stereocenters. The van der Waals surface area contributed by atoms with Crippen molar-refractivity contribution in [2.24, 2.45) is 0 Å². The molecule has 1 N–H and O–H groups in total. The largest absolute Gasteiger partial charge is 0.279 e. The van der Waals surface area contributed by atoms with E-state index in [-0.39, 0.29) is 9.90 Å². The van der Waals surface area contributed by atoms with E-state index in [1.54, 1.807) is 13.0 Å². The number of rotatable bonds is 3. The third kappa shape index (κ3) is 2.68. The van der Waals surface area contributed by atoms with Gasteiger partial charge in [0.2, 0.25) is 0 Å². The van der Waals surface area contributed by atoms with Crippen molar-refractivity contribution in [3.63, 3.8) is 0 Å². The number of anilines is 1. The Morgan fingerprint density at radius 3 is 2.39 bits per heavy atom. The zero-order chi connectivity index (χ0) is 13.3. The molecule has 0 radical (unpaired) electrons. The summed E-state index contributed by atoms with van der Waals surface area (Å²) in [5.41, 5.74) is -0.0139. The van der Waals surface area contributed by atoms with E-state index in [9.17, 15) is 17.2 Å². The average Bonchev–Trinajstić information content (AvgIpc) is 2.71. The molecule has 0 aliphatic heterocycles. The van der Waals surface area contributed by atoms with Crippen molar-refractivity contribution in [1.82, 2.24) is 0 Å². The Kier molecular flexibility index (Phi) is 3.36. The Bertz CT molecular complexity index is 680. The molecule has 0 atom stereocenters. The highest BCUT2D eigenvalue weighted by atomic mass is 32.2. The fourth-order valence-corrected chi connectivity index (χ4v) is 3.65. The van der Waals surface area contributed by atoms with Crippen molar-refractivity contribution in [3.05, 3.63) is 46.8 Å². The zero-order valence-corrected chi connectivity index (χ0v) is 10.9. The first-order valence-corrected chi connectivity index (χ1v) is 7.23. The van der Waals surface area contributed by atoms with E-state index in [1.807, 2.05) is 0 Å². The number of sulfonamides is 1. The molecule has 1 aromatic heterocycles. The Morgan fingerprint density at radius 1 is 1.11 bits per heavy atom. The van der Waals surface area contributed by atoms with Crippen LogP contribution in [0.25, 0.3) is 0 Å². The first kappa shape index (κ1) is 13.0. The van der Waals surface area contributed by atoms with Gasteiger partial charge in [-0.15, -0.1) is 11.3 Å². The van der Waals surface area contributed by atoms with Gasteiger partial charge in [-0.3, -0.25) is 4.72 Å². The molecule has 18 heavy (non-hydrogen) atoms. The summed E-state index contributed by atoms with van der Waals surface area (Å²) in [6.07, 6.45) is 0. The highest BCUT2D eigenvalue weighted by Gasteiger charge is 2.16. The van der Waals surface area contributed by atoms with Crippen LogP contribution in [0.15, 0.2) is 34.5 Å². The first-order chi connectivity index (χ1) is 8.38. The van der Waals surface area contributed by atoms with Gasteiger partial charge in [-0.2, -0.15) is 0 Å². The molecule has 0 aliphatic carbocycles. The van der Waals surface area contributed by atoms with Crippen LogP contribution in [0.3, 0.4) is 0 Å². The Morgan fingerprint density at radius 2 is 1.83 bits per heavy atom. The minimum absolute atomic E-state index is 0.0139. The Labute approximate surface area is 107 Å². The summed E-state index contributed by atoms with van der Waals surface area (Å²) in [5, 5.41) is 0. The van der Waals surface area contributed by atoms with Crippen molar-refractivity contribution < 1.29 is 17.2 Å². The van der Waals surface area contributed by atoms with Gasteiger partial charge in [0, 0.05) is 10.9 Å². The molecule has 1 heterocycles. The van der Waals surface area contributed by atoms with E-state index in [4.69, 9.17) is 0 Å². The molecule has 2 rings (SSSR count). The second-order valence-electron chi connectivity index (χ2n) is 3.60. The highest BCUT2D eigenvalue weighted by Crippen LogP contribution is 2.24. The lowest BCUT2D eigenvalue weighted by atomic mass is 10.3. The standard InChI is InChI=1S/C11H9F2NO2S2/c1-7-2-5-11(17-7)18(15,16)14-8-3-4-9(12)10(13)6-8/h2-6,14H,1H3. The topological polar surface area (TPSA) is 46.2 Å². The summed E-state index contributed by atoms with van der Waals surface area (Å²) in [6.45, 7) is 1.78. The highest BCUT2D eigenvalue weighted by molar-refractivity contribution is 7.94. The van der Waals surface area contributed by atoms with Crippen LogP contribution >= 0.6 is 11.3 Å². The number of halogens is 2. The van der Waals surface area contributed by atoms with Gasteiger partial charge in [-0.05, 0) is 31.2 Å². The average molecular weight is 289 g/mol. The van der Waals surface area contributed by atoms with E-state index in [0.29, 0.717) is 0 Å². The van der Waals surface area contributed by atoms with Gasteiger partial charge < -0.3 is 0 Å². The third-order valence-corrected chi connectivity index (χ3v) is 5.03. The number of nitrogens with one attached hydrogen (secondary N) is 1. The second kappa shape index (κ2) is 4.66. The van der Waals surface area contributed by atoms with E-state index in [0.717, 1.165) is 34.4 Å². The van der Waals surface area contributed by atoms with Crippen LogP contribution in [0.2, 0.25) is 0 Å². The molecular weight excluding hydrogens is 280 g/mol. The van der Waals surface area contributed by atoms with E-state index < -0.39 is 21.7 Å². The van der Waals surface area contributed by atoms with Gasteiger partial charge in [0.15, 0.2) is 11.6 Å². The lowest BCUT2D eigenvalue weighted by Crippen LogP contribution is -2.11. The van der Waals surface area contributed by atoms with Crippen molar-refractivity contribution in [1.29, 1.82) is 0 Å². The molecule has 2 aromatic rings. The van der Waals surface area contributed by atoms with Crippen LogP contribution < -0.4 is 4.72 Å². The molecule has 0 amide bonds. The Hall–Kier alpha value is -1.47. The SMILES string of the molecule is Cc1ccc(S(=O)(=O)Nc2ccc(F)c(F)c2)s1. The smallest absolute Gasteiger partial charge is 0.271 e. The molecule has 0 spiro atoms. The summed E-state index contributed by atoms with van der Waals surface area (Å²) in [4.78, 5) is 0.848. The normalized spacial score (nSPS) is 11.5. The van der Waals surface area contributed by atoms with Gasteiger partial charge in [0.25, 0.3) is 10.0 Å². The number of thiophene rings is 1. The van der Waals surface area contributed by atoms with Crippen LogP contribution in [-0.2, 0) is 10.0 Å². The molecule has 0 saturated carbocycles. The fraction of sp³-hybridized carbons (Fsp3) is 0.0909. The van der Waals surface area contributed by atoms with E-state index in [2.05, 4.69) is 4.72 Å². The predicted octanol–water partition coefficient (Wildman–Crippen LogP) is 3.14. The molecule has 0 bridgehead atoms. The van der Waals surface area contributed by atoms with E-state index in [1.165, 1.54) is 6.07 Å². The van der Waals surface area contributed by atoms with Crippen molar-refractivity contribution in [2.45, 2.75) is 11.1 Å². The minimum Gasteiger partial charge on any atom is -0.279 e. The van der Waals surface area contributed by atoms with Gasteiger partial charge >= 0.3 is 0 Å². The van der Waals surface area contributed by atoms with Crippen LogP contribution in [-0.4, -0.2) is 8.42 Å². The number of hydrogen-bond acceptors (Lipinski definition) is 3. The minimum atomic E-state index is -3.74. The van der Waals surface area contributed by atoms with Gasteiger partial charge in [-0.25, -0.2) is 17.2 Å². The summed E-state index contributed by atoms with van der Waals surface area (Å²) >= 11 is 1.10. The number of benzene rings is 1. The molecule has 0 aliphatic rings. The maximum atomic E-state index is 13.0. The summed E-state index contributed by atoms with van der Waals surface area (Å²) in [5.74, 6) is -2.12. The quantitative estimate of drug-likeness (QED) is 0.943. The zero-order valence-electron chi connectivity index (χ0n) is 9.28. The lowest BCUT2D eigenvalue weighted by Gasteiger charge is -2.06. The van der Waals surface area contributed by atoms with Crippen LogP contribution in [0.1, 0.15) is 4.88 Å².